The molecule has 0 amide bonds. The van der Waals surface area contributed by atoms with Gasteiger partial charge in [0.05, 0.1) is 16.9 Å². The van der Waals surface area contributed by atoms with Gasteiger partial charge in [-0.1, -0.05) is 18.9 Å². The average Bonchev–Trinajstić information content (AvgIpc) is 2.94. The Kier molecular flexibility index (Phi) is 4.84. The zero-order valence-electron chi connectivity index (χ0n) is 11.9. The number of hydrogen-bond donors (Lipinski definition) is 3. The van der Waals surface area contributed by atoms with E-state index < -0.39 is 5.97 Å². The second-order valence-corrected chi connectivity index (χ2v) is 5.42. The molecule has 20 heavy (non-hydrogen) atoms. The van der Waals surface area contributed by atoms with Crippen molar-refractivity contribution in [1.29, 1.82) is 0 Å². The minimum Gasteiger partial charge on any atom is -0.478 e. The first-order valence-corrected chi connectivity index (χ1v) is 7.15. The van der Waals surface area contributed by atoms with E-state index in [1.54, 1.807) is 18.2 Å². The fraction of sp³-hybridized carbons (Fsp3) is 0.533. The second-order valence-electron chi connectivity index (χ2n) is 5.42. The highest BCUT2D eigenvalue weighted by Crippen LogP contribution is 2.24. The molecule has 1 aliphatic rings. The third-order valence-electron chi connectivity index (χ3n) is 4.04. The summed E-state index contributed by atoms with van der Waals surface area (Å²) in [4.78, 5) is 13.5. The van der Waals surface area contributed by atoms with Crippen LogP contribution in [0.15, 0.2) is 18.2 Å². The molecule has 0 spiro atoms. The van der Waals surface area contributed by atoms with E-state index in [2.05, 4.69) is 17.3 Å². The van der Waals surface area contributed by atoms with E-state index in [0.717, 1.165) is 6.54 Å². The topological polar surface area (TPSA) is 78.6 Å². The number of carboxylic acid groups (broad SMARTS) is 1. The molecule has 1 aromatic rings. The van der Waals surface area contributed by atoms with Crippen LogP contribution in [-0.4, -0.2) is 42.2 Å². The van der Waals surface area contributed by atoms with Crippen LogP contribution in [0.4, 0.5) is 11.4 Å². The summed E-state index contributed by atoms with van der Waals surface area (Å²) in [6.45, 7) is 1.58. The summed E-state index contributed by atoms with van der Waals surface area (Å²) >= 11 is 0. The Morgan fingerprint density at radius 3 is 2.80 bits per heavy atom. The van der Waals surface area contributed by atoms with Gasteiger partial charge in [0.2, 0.25) is 0 Å². The Labute approximate surface area is 119 Å². The first kappa shape index (κ1) is 14.7. The SMILES string of the molecule is CN(CCNc1c(N)cccc1C(=O)O)C1CCCC1. The van der Waals surface area contributed by atoms with Gasteiger partial charge in [0.15, 0.2) is 0 Å². The molecule has 0 unspecified atom stereocenters. The smallest absolute Gasteiger partial charge is 0.337 e. The molecular weight excluding hydrogens is 254 g/mol. The maximum Gasteiger partial charge on any atom is 0.337 e. The van der Waals surface area contributed by atoms with Crippen molar-refractivity contribution in [2.45, 2.75) is 31.7 Å². The van der Waals surface area contributed by atoms with E-state index in [9.17, 15) is 4.79 Å². The number of nitrogen functional groups attached to an aromatic ring is 1. The molecule has 0 heterocycles. The monoisotopic (exact) mass is 277 g/mol. The van der Waals surface area contributed by atoms with Gasteiger partial charge in [0.25, 0.3) is 0 Å². The van der Waals surface area contributed by atoms with Gasteiger partial charge >= 0.3 is 5.97 Å². The molecule has 110 valence electrons. The number of para-hydroxylation sites is 1. The molecule has 2 rings (SSSR count). The highest BCUT2D eigenvalue weighted by Gasteiger charge is 2.19. The van der Waals surface area contributed by atoms with Crippen molar-refractivity contribution in [3.63, 3.8) is 0 Å². The van der Waals surface area contributed by atoms with Gasteiger partial charge < -0.3 is 21.1 Å². The summed E-state index contributed by atoms with van der Waals surface area (Å²) < 4.78 is 0. The highest BCUT2D eigenvalue weighted by molar-refractivity contribution is 5.97. The van der Waals surface area contributed by atoms with Crippen molar-refractivity contribution in [2.24, 2.45) is 0 Å². The van der Waals surface area contributed by atoms with Crippen LogP contribution in [0.2, 0.25) is 0 Å². The number of nitrogens with two attached hydrogens (primary N) is 1. The second kappa shape index (κ2) is 6.61. The molecule has 0 bridgehead atoms. The number of carbonyl (C=O) groups is 1. The first-order valence-electron chi connectivity index (χ1n) is 7.15. The maximum atomic E-state index is 11.2. The van der Waals surface area contributed by atoms with Gasteiger partial charge in [-0.25, -0.2) is 4.79 Å². The molecule has 0 aromatic heterocycles. The lowest BCUT2D eigenvalue weighted by molar-refractivity contribution is 0.0698. The molecule has 0 aliphatic heterocycles. The molecule has 0 radical (unpaired) electrons. The summed E-state index contributed by atoms with van der Waals surface area (Å²) in [5, 5.41) is 12.3. The molecule has 4 N–H and O–H groups in total. The van der Waals surface area contributed by atoms with Gasteiger partial charge in [-0.05, 0) is 32.0 Å². The van der Waals surface area contributed by atoms with Crippen molar-refractivity contribution >= 4 is 17.3 Å². The van der Waals surface area contributed by atoms with Crippen LogP contribution in [0.3, 0.4) is 0 Å². The molecule has 1 fully saturated rings. The van der Waals surface area contributed by atoms with E-state index in [0.29, 0.717) is 24.0 Å². The predicted octanol–water partition coefficient (Wildman–Crippen LogP) is 2.25. The Hall–Kier alpha value is -1.75. The third kappa shape index (κ3) is 3.42. The van der Waals surface area contributed by atoms with Crippen LogP contribution < -0.4 is 11.1 Å². The molecule has 5 heteroatoms. The number of hydrogen-bond acceptors (Lipinski definition) is 4. The van der Waals surface area contributed by atoms with Crippen molar-refractivity contribution in [3.8, 4) is 0 Å². The largest absolute Gasteiger partial charge is 0.478 e. The predicted molar refractivity (Wildman–Crippen MR) is 81.2 cm³/mol. The Bertz CT molecular complexity index is 470. The molecule has 1 aliphatic carbocycles. The minimum absolute atomic E-state index is 0.230. The Morgan fingerprint density at radius 2 is 2.15 bits per heavy atom. The van der Waals surface area contributed by atoms with Crippen LogP contribution in [0.25, 0.3) is 0 Å². The van der Waals surface area contributed by atoms with Gasteiger partial charge in [-0.2, -0.15) is 0 Å². The van der Waals surface area contributed by atoms with E-state index in [4.69, 9.17) is 10.8 Å². The number of carboxylic acids is 1. The molecule has 0 saturated heterocycles. The van der Waals surface area contributed by atoms with Crippen LogP contribution in [0.1, 0.15) is 36.0 Å². The average molecular weight is 277 g/mol. The van der Waals surface area contributed by atoms with Crippen LogP contribution in [-0.2, 0) is 0 Å². The number of aromatic carboxylic acids is 1. The zero-order valence-corrected chi connectivity index (χ0v) is 11.9. The van der Waals surface area contributed by atoms with Crippen LogP contribution >= 0.6 is 0 Å². The molecular formula is C15H23N3O2. The summed E-state index contributed by atoms with van der Waals surface area (Å²) in [5.41, 5.74) is 7.10. The summed E-state index contributed by atoms with van der Waals surface area (Å²) in [6, 6.07) is 5.62. The normalized spacial score (nSPS) is 15.7. The Balaban J connectivity index is 1.92. The fourth-order valence-corrected chi connectivity index (χ4v) is 2.83. The number of benzene rings is 1. The van der Waals surface area contributed by atoms with E-state index in [-0.39, 0.29) is 5.56 Å². The van der Waals surface area contributed by atoms with Crippen LogP contribution in [0, 0.1) is 0 Å². The fourth-order valence-electron chi connectivity index (χ4n) is 2.83. The molecule has 0 atom stereocenters. The molecule has 1 saturated carbocycles. The lowest BCUT2D eigenvalue weighted by Crippen LogP contribution is -2.33. The molecule has 5 nitrogen and oxygen atoms in total. The van der Waals surface area contributed by atoms with Gasteiger partial charge in [0, 0.05) is 19.1 Å². The lowest BCUT2D eigenvalue weighted by atomic mass is 10.1. The molecule has 1 aromatic carbocycles. The summed E-state index contributed by atoms with van der Waals surface area (Å²) in [5.74, 6) is -0.955. The minimum atomic E-state index is -0.955. The maximum absolute atomic E-state index is 11.2. The Morgan fingerprint density at radius 1 is 1.45 bits per heavy atom. The van der Waals surface area contributed by atoms with E-state index >= 15 is 0 Å². The van der Waals surface area contributed by atoms with Crippen molar-refractivity contribution in [3.05, 3.63) is 23.8 Å². The first-order chi connectivity index (χ1) is 9.59. The quantitative estimate of drug-likeness (QED) is 0.695. The van der Waals surface area contributed by atoms with E-state index in [1.165, 1.54) is 25.7 Å². The van der Waals surface area contributed by atoms with Gasteiger partial charge in [-0.15, -0.1) is 0 Å². The number of rotatable bonds is 6. The lowest BCUT2D eigenvalue weighted by Gasteiger charge is -2.24. The number of nitrogens with one attached hydrogen (secondary N) is 1. The van der Waals surface area contributed by atoms with Crippen LogP contribution in [0.5, 0.6) is 0 Å². The van der Waals surface area contributed by atoms with Crippen molar-refractivity contribution in [1.82, 2.24) is 4.90 Å². The number of nitrogens with zero attached hydrogens (tertiary/aromatic N) is 1. The summed E-state index contributed by atoms with van der Waals surface area (Å²) in [7, 11) is 2.13. The highest BCUT2D eigenvalue weighted by atomic mass is 16.4. The number of likely N-dealkylation sites (N-methyl/N-ethyl adjacent to an activating group) is 1. The summed E-state index contributed by atoms with van der Waals surface area (Å²) in [6.07, 6.45) is 5.17. The zero-order chi connectivity index (χ0) is 14.5. The standard InChI is InChI=1S/C15H23N3O2/c1-18(11-5-2-3-6-11)10-9-17-14-12(15(19)20)7-4-8-13(14)16/h4,7-8,11,17H,2-3,5-6,9-10,16H2,1H3,(H,19,20). The van der Waals surface area contributed by atoms with Gasteiger partial charge in [-0.3, -0.25) is 0 Å². The van der Waals surface area contributed by atoms with Crippen molar-refractivity contribution < 1.29 is 9.90 Å². The van der Waals surface area contributed by atoms with Gasteiger partial charge in [0.1, 0.15) is 0 Å². The third-order valence-corrected chi connectivity index (χ3v) is 4.04. The van der Waals surface area contributed by atoms with E-state index in [1.807, 2.05) is 0 Å². The van der Waals surface area contributed by atoms with Crippen molar-refractivity contribution in [2.75, 3.05) is 31.2 Å². The number of anilines is 2.